The van der Waals surface area contributed by atoms with Crippen molar-refractivity contribution >= 4 is 12.4 Å². The van der Waals surface area contributed by atoms with E-state index in [1.54, 1.807) is 0 Å². The fourth-order valence-electron chi connectivity index (χ4n) is 4.98. The largest absolute Gasteiger partial charge is 0.490 e. The lowest BCUT2D eigenvalue weighted by Gasteiger charge is -2.35. The van der Waals surface area contributed by atoms with Crippen molar-refractivity contribution in [2.45, 2.75) is 84.5 Å². The highest BCUT2D eigenvalue weighted by atomic mass is 35.5. The fraction of sp³-hybridized carbons (Fsp3) is 0.556. The molecule has 0 radical (unpaired) electrons. The van der Waals surface area contributed by atoms with Crippen LogP contribution in [0.25, 0.3) is 0 Å². The summed E-state index contributed by atoms with van der Waals surface area (Å²) in [6, 6.07) is 9.09. The number of benzene rings is 2. The molecule has 2 atom stereocenters. The minimum atomic E-state index is -0.539. The highest BCUT2D eigenvalue weighted by Crippen LogP contribution is 2.43. The van der Waals surface area contributed by atoms with Crippen LogP contribution in [0, 0.1) is 20.8 Å². The first-order valence-electron chi connectivity index (χ1n) is 11.7. The van der Waals surface area contributed by atoms with Gasteiger partial charge in [0, 0.05) is 18.2 Å². The van der Waals surface area contributed by atoms with Crippen LogP contribution in [0.5, 0.6) is 11.5 Å². The third kappa shape index (κ3) is 5.24. The molecule has 4 rings (SSSR count). The zero-order valence-corrected chi connectivity index (χ0v) is 20.9. The molecule has 1 aliphatic heterocycles. The predicted molar refractivity (Wildman–Crippen MR) is 133 cm³/mol. The van der Waals surface area contributed by atoms with Crippen molar-refractivity contribution in [1.29, 1.82) is 0 Å². The van der Waals surface area contributed by atoms with Crippen LogP contribution in [-0.4, -0.2) is 36.0 Å². The molecule has 0 fully saturated rings. The Kier molecular flexibility index (Phi) is 7.80. The van der Waals surface area contributed by atoms with Gasteiger partial charge in [-0.15, -0.1) is 12.4 Å². The summed E-state index contributed by atoms with van der Waals surface area (Å²) in [7, 11) is 0. The molecule has 4 nitrogen and oxygen atoms in total. The number of hydrogen-bond acceptors (Lipinski definition) is 4. The van der Waals surface area contributed by atoms with E-state index in [1.807, 2.05) is 0 Å². The van der Waals surface area contributed by atoms with E-state index in [0.717, 1.165) is 60.3 Å². The summed E-state index contributed by atoms with van der Waals surface area (Å²) < 4.78 is 12.5. The summed E-state index contributed by atoms with van der Waals surface area (Å²) in [5.74, 6) is 1.93. The van der Waals surface area contributed by atoms with Crippen LogP contribution < -0.4 is 14.8 Å². The first-order chi connectivity index (χ1) is 14.7. The maximum Gasteiger partial charge on any atom is 0.127 e. The molecule has 1 heterocycles. The maximum atomic E-state index is 10.6. The van der Waals surface area contributed by atoms with E-state index in [2.05, 4.69) is 64.2 Å². The number of ether oxygens (including phenoxy) is 2. The Morgan fingerprint density at radius 3 is 2.56 bits per heavy atom. The van der Waals surface area contributed by atoms with E-state index in [0.29, 0.717) is 19.2 Å². The van der Waals surface area contributed by atoms with E-state index in [4.69, 9.17) is 9.47 Å². The molecule has 0 spiro atoms. The number of aliphatic hydroxyl groups is 1. The number of nitrogens with one attached hydrogen (secondary N) is 1. The van der Waals surface area contributed by atoms with Crippen molar-refractivity contribution in [1.82, 2.24) is 5.32 Å². The van der Waals surface area contributed by atoms with Crippen LogP contribution >= 0.6 is 12.4 Å². The minimum absolute atomic E-state index is 0. The van der Waals surface area contributed by atoms with Crippen molar-refractivity contribution in [3.63, 3.8) is 0 Å². The second kappa shape index (κ2) is 10.0. The Morgan fingerprint density at radius 1 is 1.09 bits per heavy atom. The molecule has 2 N–H and O–H groups in total. The molecule has 2 aliphatic rings. The Hall–Kier alpha value is -1.75. The average Bonchev–Trinajstić information content (AvgIpc) is 2.75. The van der Waals surface area contributed by atoms with Gasteiger partial charge in [0.15, 0.2) is 0 Å². The van der Waals surface area contributed by atoms with Crippen molar-refractivity contribution < 1.29 is 14.6 Å². The third-order valence-corrected chi connectivity index (χ3v) is 7.08. The SMILES string of the molecule is Cc1c(C)c2c(c(C)c1OCC(O)CNC1CCc3ccccc3C1)CCC(C)(C)O2.Cl. The summed E-state index contributed by atoms with van der Waals surface area (Å²) in [6.07, 6.45) is 4.71. The molecule has 32 heavy (non-hydrogen) atoms. The summed E-state index contributed by atoms with van der Waals surface area (Å²) >= 11 is 0. The molecule has 176 valence electrons. The first kappa shape index (κ1) is 24.9. The zero-order chi connectivity index (χ0) is 22.2. The number of rotatable bonds is 6. The molecule has 2 aromatic rings. The molecule has 1 aliphatic carbocycles. The summed E-state index contributed by atoms with van der Waals surface area (Å²) in [5.41, 5.74) is 7.43. The Morgan fingerprint density at radius 2 is 1.81 bits per heavy atom. The number of halogens is 1. The van der Waals surface area contributed by atoms with Crippen LogP contribution in [0.3, 0.4) is 0 Å². The molecule has 0 saturated heterocycles. The molecule has 0 saturated carbocycles. The number of aryl methyl sites for hydroxylation is 1. The van der Waals surface area contributed by atoms with Crippen LogP contribution in [0.1, 0.15) is 60.1 Å². The van der Waals surface area contributed by atoms with Gasteiger partial charge in [0.2, 0.25) is 0 Å². The summed E-state index contributed by atoms with van der Waals surface area (Å²) in [4.78, 5) is 0. The van der Waals surface area contributed by atoms with Crippen LogP contribution in [0.15, 0.2) is 24.3 Å². The van der Waals surface area contributed by atoms with Crippen molar-refractivity contribution in [2.24, 2.45) is 0 Å². The first-order valence-corrected chi connectivity index (χ1v) is 11.7. The van der Waals surface area contributed by atoms with Crippen molar-refractivity contribution in [2.75, 3.05) is 13.2 Å². The summed E-state index contributed by atoms with van der Waals surface area (Å²) in [6.45, 7) is 11.5. The maximum absolute atomic E-state index is 10.6. The van der Waals surface area contributed by atoms with Gasteiger partial charge in [0.05, 0.1) is 0 Å². The molecule has 0 bridgehead atoms. The van der Waals surface area contributed by atoms with Crippen LogP contribution in [-0.2, 0) is 19.3 Å². The lowest BCUT2D eigenvalue weighted by atomic mass is 9.88. The summed E-state index contributed by atoms with van der Waals surface area (Å²) in [5, 5.41) is 14.1. The molecule has 0 aromatic heterocycles. The standard InChI is InChI=1S/C27H37NO3.ClH/c1-17-18(2)26-24(12-13-27(4,5)31-26)19(3)25(17)30-16-23(29)15-28-22-11-10-20-8-6-7-9-21(20)14-22;/h6-9,22-23,28-29H,10-16H2,1-5H3;1H. The number of fused-ring (bicyclic) bond motifs is 2. The predicted octanol–water partition coefficient (Wildman–Crippen LogP) is 5.02. The van der Waals surface area contributed by atoms with Gasteiger partial charge >= 0.3 is 0 Å². The van der Waals surface area contributed by atoms with Gasteiger partial charge in [-0.2, -0.15) is 0 Å². The van der Waals surface area contributed by atoms with Gasteiger partial charge in [-0.1, -0.05) is 24.3 Å². The van der Waals surface area contributed by atoms with E-state index in [-0.39, 0.29) is 18.0 Å². The average molecular weight is 460 g/mol. The van der Waals surface area contributed by atoms with Crippen molar-refractivity contribution in [3.8, 4) is 11.5 Å². The molecular formula is C27H38ClNO3. The fourth-order valence-corrected chi connectivity index (χ4v) is 4.98. The Bertz CT molecular complexity index is 956. The molecular weight excluding hydrogens is 422 g/mol. The monoisotopic (exact) mass is 459 g/mol. The minimum Gasteiger partial charge on any atom is -0.490 e. The van der Waals surface area contributed by atoms with Gasteiger partial charge in [-0.25, -0.2) is 0 Å². The van der Waals surface area contributed by atoms with E-state index < -0.39 is 6.10 Å². The second-order valence-electron chi connectivity index (χ2n) is 9.96. The topological polar surface area (TPSA) is 50.7 Å². The van der Waals surface area contributed by atoms with Gasteiger partial charge in [-0.05, 0) is 94.5 Å². The van der Waals surface area contributed by atoms with E-state index >= 15 is 0 Å². The zero-order valence-electron chi connectivity index (χ0n) is 20.1. The molecule has 2 unspecified atom stereocenters. The van der Waals surface area contributed by atoms with Gasteiger partial charge in [0.1, 0.15) is 29.8 Å². The Balaban J connectivity index is 0.00000289. The van der Waals surface area contributed by atoms with Gasteiger partial charge in [-0.3, -0.25) is 0 Å². The number of hydrogen-bond donors (Lipinski definition) is 2. The van der Waals surface area contributed by atoms with Crippen LogP contribution in [0.2, 0.25) is 0 Å². The van der Waals surface area contributed by atoms with Crippen molar-refractivity contribution in [3.05, 3.63) is 57.6 Å². The third-order valence-electron chi connectivity index (χ3n) is 7.08. The van der Waals surface area contributed by atoms with Gasteiger partial charge < -0.3 is 19.9 Å². The van der Waals surface area contributed by atoms with E-state index in [1.165, 1.54) is 16.7 Å². The van der Waals surface area contributed by atoms with Gasteiger partial charge in [0.25, 0.3) is 0 Å². The second-order valence-corrected chi connectivity index (χ2v) is 9.96. The quantitative estimate of drug-likeness (QED) is 0.636. The highest BCUT2D eigenvalue weighted by molar-refractivity contribution is 5.85. The Labute approximate surface area is 199 Å². The molecule has 0 amide bonds. The molecule has 5 heteroatoms. The number of aliphatic hydroxyl groups excluding tert-OH is 1. The van der Waals surface area contributed by atoms with Crippen LogP contribution in [0.4, 0.5) is 0 Å². The lowest BCUT2D eigenvalue weighted by molar-refractivity contribution is 0.0821. The highest BCUT2D eigenvalue weighted by Gasteiger charge is 2.31. The normalized spacial score (nSPS) is 19.8. The smallest absolute Gasteiger partial charge is 0.127 e. The lowest BCUT2D eigenvalue weighted by Crippen LogP contribution is -2.41. The molecule has 2 aromatic carbocycles. The van der Waals surface area contributed by atoms with E-state index in [9.17, 15) is 5.11 Å².